The van der Waals surface area contributed by atoms with Crippen LogP contribution < -0.4 is 5.32 Å². The first-order valence-corrected chi connectivity index (χ1v) is 7.46. The second kappa shape index (κ2) is 9.05. The molecule has 1 heterocycles. The molecular weight excluding hydrogens is 234 g/mol. The molecule has 0 aliphatic rings. The molecule has 0 bridgehead atoms. The van der Waals surface area contributed by atoms with Crippen LogP contribution in [0.15, 0.2) is 18.2 Å². The molecule has 0 spiro atoms. The van der Waals surface area contributed by atoms with Crippen LogP contribution in [0.25, 0.3) is 0 Å². The van der Waals surface area contributed by atoms with Crippen molar-refractivity contribution >= 4 is 0 Å². The molecule has 0 aliphatic carbocycles. The number of nitrogens with zero attached hydrogens (tertiary/aromatic N) is 2. The van der Waals surface area contributed by atoms with E-state index in [9.17, 15) is 0 Å². The van der Waals surface area contributed by atoms with Crippen LogP contribution in [-0.4, -0.2) is 30.0 Å². The van der Waals surface area contributed by atoms with Gasteiger partial charge in [0.05, 0.1) is 11.4 Å². The topological polar surface area (TPSA) is 28.2 Å². The van der Waals surface area contributed by atoms with Gasteiger partial charge >= 0.3 is 0 Å². The van der Waals surface area contributed by atoms with E-state index in [-0.39, 0.29) is 0 Å². The van der Waals surface area contributed by atoms with Gasteiger partial charge in [-0.1, -0.05) is 26.8 Å². The number of nitrogens with one attached hydrogen (secondary N) is 1. The van der Waals surface area contributed by atoms with Crippen molar-refractivity contribution in [3.8, 4) is 0 Å². The van der Waals surface area contributed by atoms with Crippen molar-refractivity contribution in [3.05, 3.63) is 29.6 Å². The summed E-state index contributed by atoms with van der Waals surface area (Å²) >= 11 is 0. The van der Waals surface area contributed by atoms with Gasteiger partial charge in [-0.05, 0) is 51.0 Å². The Bertz CT molecular complexity index is 350. The highest BCUT2D eigenvalue weighted by Crippen LogP contribution is 2.06. The summed E-state index contributed by atoms with van der Waals surface area (Å²) < 4.78 is 0. The third-order valence-electron chi connectivity index (χ3n) is 3.12. The molecule has 1 aromatic heterocycles. The Morgan fingerprint density at radius 2 is 2.00 bits per heavy atom. The fraction of sp³-hybridized carbons (Fsp3) is 0.688. The number of rotatable bonds is 9. The van der Waals surface area contributed by atoms with Crippen molar-refractivity contribution in [1.29, 1.82) is 0 Å². The summed E-state index contributed by atoms with van der Waals surface area (Å²) in [6, 6.07) is 6.33. The van der Waals surface area contributed by atoms with E-state index in [0.29, 0.717) is 0 Å². The normalized spacial score (nSPS) is 11.5. The largest absolute Gasteiger partial charge is 0.311 e. The van der Waals surface area contributed by atoms with Crippen LogP contribution in [-0.2, 0) is 13.1 Å². The average Bonchev–Trinajstić information content (AvgIpc) is 2.37. The first-order chi connectivity index (χ1) is 9.11. The molecule has 0 saturated heterocycles. The molecule has 3 nitrogen and oxygen atoms in total. The Labute approximate surface area is 118 Å². The highest BCUT2D eigenvalue weighted by Gasteiger charge is 2.04. The van der Waals surface area contributed by atoms with Gasteiger partial charge in [0.1, 0.15) is 0 Å². The molecule has 1 N–H and O–H groups in total. The van der Waals surface area contributed by atoms with Crippen LogP contribution in [0.5, 0.6) is 0 Å². The van der Waals surface area contributed by atoms with Gasteiger partial charge in [-0.3, -0.25) is 4.98 Å². The first kappa shape index (κ1) is 16.1. The number of aromatic nitrogens is 1. The van der Waals surface area contributed by atoms with E-state index in [0.717, 1.165) is 44.2 Å². The van der Waals surface area contributed by atoms with E-state index in [1.807, 2.05) is 0 Å². The minimum atomic E-state index is 0.764. The number of hydrogen-bond donors (Lipinski definition) is 1. The Kier molecular flexibility index (Phi) is 7.68. The molecule has 0 radical (unpaired) electrons. The second-order valence-electron chi connectivity index (χ2n) is 5.72. The third-order valence-corrected chi connectivity index (χ3v) is 3.12. The zero-order chi connectivity index (χ0) is 14.1. The van der Waals surface area contributed by atoms with Gasteiger partial charge < -0.3 is 10.2 Å². The van der Waals surface area contributed by atoms with Crippen molar-refractivity contribution in [2.45, 2.75) is 46.7 Å². The maximum Gasteiger partial charge on any atom is 0.0547 e. The molecule has 0 unspecified atom stereocenters. The lowest BCUT2D eigenvalue weighted by Gasteiger charge is -2.17. The van der Waals surface area contributed by atoms with Gasteiger partial charge in [0, 0.05) is 13.1 Å². The molecule has 0 saturated carbocycles. The molecule has 0 fully saturated rings. The maximum absolute atomic E-state index is 4.71. The van der Waals surface area contributed by atoms with Crippen LogP contribution in [0.4, 0.5) is 0 Å². The van der Waals surface area contributed by atoms with Gasteiger partial charge in [0.25, 0.3) is 0 Å². The van der Waals surface area contributed by atoms with Crippen LogP contribution in [0, 0.1) is 5.92 Å². The third kappa shape index (κ3) is 7.28. The lowest BCUT2D eigenvalue weighted by Crippen LogP contribution is -2.21. The van der Waals surface area contributed by atoms with E-state index in [1.54, 1.807) is 0 Å². The van der Waals surface area contributed by atoms with Crippen molar-refractivity contribution in [3.63, 3.8) is 0 Å². The van der Waals surface area contributed by atoms with E-state index in [1.165, 1.54) is 12.1 Å². The molecule has 0 aromatic carbocycles. The predicted molar refractivity (Wildman–Crippen MR) is 82.0 cm³/mol. The Hall–Kier alpha value is -0.930. The number of pyridine rings is 1. The van der Waals surface area contributed by atoms with Crippen LogP contribution in [0.3, 0.4) is 0 Å². The fourth-order valence-electron chi connectivity index (χ4n) is 1.94. The van der Waals surface area contributed by atoms with Gasteiger partial charge in [-0.15, -0.1) is 0 Å². The molecule has 108 valence electrons. The van der Waals surface area contributed by atoms with Gasteiger partial charge in [-0.25, -0.2) is 0 Å². The zero-order valence-electron chi connectivity index (χ0n) is 12.9. The average molecular weight is 263 g/mol. The smallest absolute Gasteiger partial charge is 0.0547 e. The van der Waals surface area contributed by atoms with Crippen molar-refractivity contribution in [1.82, 2.24) is 15.2 Å². The Balaban J connectivity index is 2.42. The van der Waals surface area contributed by atoms with E-state index >= 15 is 0 Å². The van der Waals surface area contributed by atoms with Gasteiger partial charge in [0.2, 0.25) is 0 Å². The van der Waals surface area contributed by atoms with E-state index in [4.69, 9.17) is 4.98 Å². The minimum absolute atomic E-state index is 0.764. The summed E-state index contributed by atoms with van der Waals surface area (Å²) in [5.74, 6) is 0.764. The highest BCUT2D eigenvalue weighted by molar-refractivity contribution is 5.11. The first-order valence-electron chi connectivity index (χ1n) is 7.46. The summed E-state index contributed by atoms with van der Waals surface area (Å²) in [6.45, 7) is 10.7. The maximum atomic E-state index is 4.71. The standard InChI is InChI=1S/C16H29N3/c1-5-10-17-12-15-7-6-8-16(18-15)13-19(4)11-9-14(2)3/h6-8,14,17H,5,9-13H2,1-4H3. The number of hydrogen-bond acceptors (Lipinski definition) is 3. The predicted octanol–water partition coefficient (Wildman–Crippen LogP) is 3.06. The van der Waals surface area contributed by atoms with Gasteiger partial charge in [-0.2, -0.15) is 0 Å². The minimum Gasteiger partial charge on any atom is -0.311 e. The van der Waals surface area contributed by atoms with Crippen molar-refractivity contribution < 1.29 is 0 Å². The fourth-order valence-corrected chi connectivity index (χ4v) is 1.94. The SMILES string of the molecule is CCCNCc1cccc(CN(C)CCC(C)C)n1. The van der Waals surface area contributed by atoms with E-state index in [2.05, 4.69) is 56.2 Å². The molecule has 0 atom stereocenters. The summed E-state index contributed by atoms with van der Waals surface area (Å²) in [4.78, 5) is 7.06. The quantitative estimate of drug-likeness (QED) is 0.694. The monoisotopic (exact) mass is 263 g/mol. The molecule has 1 aromatic rings. The lowest BCUT2D eigenvalue weighted by atomic mass is 10.1. The van der Waals surface area contributed by atoms with Crippen LogP contribution in [0.1, 0.15) is 45.0 Å². The Morgan fingerprint density at radius 1 is 1.26 bits per heavy atom. The highest BCUT2D eigenvalue weighted by atomic mass is 15.1. The molecule has 19 heavy (non-hydrogen) atoms. The van der Waals surface area contributed by atoms with Crippen molar-refractivity contribution in [2.75, 3.05) is 20.1 Å². The molecule has 3 heteroatoms. The van der Waals surface area contributed by atoms with Crippen molar-refractivity contribution in [2.24, 2.45) is 5.92 Å². The zero-order valence-corrected chi connectivity index (χ0v) is 12.9. The summed E-state index contributed by atoms with van der Waals surface area (Å²) in [7, 11) is 2.17. The second-order valence-corrected chi connectivity index (χ2v) is 5.72. The lowest BCUT2D eigenvalue weighted by molar-refractivity contribution is 0.300. The molecule has 1 rings (SSSR count). The summed E-state index contributed by atoms with van der Waals surface area (Å²) in [5, 5.41) is 3.40. The molecule has 0 amide bonds. The van der Waals surface area contributed by atoms with E-state index < -0.39 is 0 Å². The molecular formula is C16H29N3. The summed E-state index contributed by atoms with van der Waals surface area (Å²) in [5.41, 5.74) is 2.31. The van der Waals surface area contributed by atoms with Crippen LogP contribution in [0.2, 0.25) is 0 Å². The van der Waals surface area contributed by atoms with Gasteiger partial charge in [0.15, 0.2) is 0 Å². The Morgan fingerprint density at radius 3 is 2.68 bits per heavy atom. The molecule has 0 aliphatic heterocycles. The summed E-state index contributed by atoms with van der Waals surface area (Å²) in [6.07, 6.45) is 2.41. The van der Waals surface area contributed by atoms with Crippen LogP contribution >= 0.6 is 0 Å².